The SMILES string of the molecule is S=C1SSC1=S. The van der Waals surface area contributed by atoms with Crippen LogP contribution < -0.4 is 0 Å². The molecule has 1 aliphatic rings. The van der Waals surface area contributed by atoms with Crippen LogP contribution in [0.1, 0.15) is 0 Å². The van der Waals surface area contributed by atoms with E-state index >= 15 is 0 Å². The molecule has 0 unspecified atom stereocenters. The van der Waals surface area contributed by atoms with E-state index in [1.54, 1.807) is 21.6 Å². The highest BCUT2D eigenvalue weighted by atomic mass is 33.1. The number of thiocarbonyl (C=S) groups is 2. The van der Waals surface area contributed by atoms with Gasteiger partial charge >= 0.3 is 0 Å². The second-order valence-electron chi connectivity index (χ2n) is 0.742. The molecule has 0 radical (unpaired) electrons. The van der Waals surface area contributed by atoms with Gasteiger partial charge in [-0.1, -0.05) is 24.4 Å². The molecule has 1 saturated heterocycles. The normalized spacial score (nSPS) is 20.7. The Kier molecular flexibility index (Phi) is 1.49. The molecule has 0 amide bonds. The van der Waals surface area contributed by atoms with Gasteiger partial charge in [-0.15, -0.1) is 0 Å². The van der Waals surface area contributed by atoms with Crippen molar-refractivity contribution >= 4 is 54.4 Å². The summed E-state index contributed by atoms with van der Waals surface area (Å²) in [6, 6.07) is 0. The van der Waals surface area contributed by atoms with E-state index < -0.39 is 0 Å². The Morgan fingerprint density at radius 2 is 1.33 bits per heavy atom. The molecule has 0 spiro atoms. The van der Waals surface area contributed by atoms with Crippen LogP contribution in [0.3, 0.4) is 0 Å². The van der Waals surface area contributed by atoms with Crippen molar-refractivity contribution in [3.8, 4) is 0 Å². The predicted octanol–water partition coefficient (Wildman–Crippen LogP) is 2.04. The van der Waals surface area contributed by atoms with Crippen molar-refractivity contribution in [2.24, 2.45) is 0 Å². The Bertz CT molecular complexity index is 90.1. The third-order valence-corrected chi connectivity index (χ3v) is 4.46. The molecule has 0 aromatic rings. The fourth-order valence-corrected chi connectivity index (χ4v) is 2.21. The minimum atomic E-state index is 0.884. The Morgan fingerprint density at radius 3 is 1.33 bits per heavy atom. The van der Waals surface area contributed by atoms with Crippen molar-refractivity contribution in [1.82, 2.24) is 0 Å². The smallest absolute Gasteiger partial charge is 0.0694 e. The van der Waals surface area contributed by atoms with Crippen LogP contribution in [-0.2, 0) is 0 Å². The molecule has 0 aliphatic carbocycles. The van der Waals surface area contributed by atoms with E-state index in [0.717, 1.165) is 8.39 Å². The highest BCUT2D eigenvalue weighted by Crippen LogP contribution is 2.38. The highest BCUT2D eigenvalue weighted by molar-refractivity contribution is 8.98. The summed E-state index contributed by atoms with van der Waals surface area (Å²) in [5, 5.41) is 0. The summed E-state index contributed by atoms with van der Waals surface area (Å²) in [5.41, 5.74) is 0. The Balaban J connectivity index is 2.61. The zero-order valence-corrected chi connectivity index (χ0v) is 5.90. The predicted molar refractivity (Wildman–Crippen MR) is 40.4 cm³/mol. The van der Waals surface area contributed by atoms with Crippen molar-refractivity contribution in [3.63, 3.8) is 0 Å². The molecule has 6 heavy (non-hydrogen) atoms. The van der Waals surface area contributed by atoms with E-state index in [2.05, 4.69) is 0 Å². The maximum atomic E-state index is 4.71. The Labute approximate surface area is 54.5 Å². The summed E-state index contributed by atoms with van der Waals surface area (Å²) in [6.07, 6.45) is 0. The first-order valence-electron chi connectivity index (χ1n) is 1.23. The van der Waals surface area contributed by atoms with Gasteiger partial charge in [0.25, 0.3) is 0 Å². The highest BCUT2D eigenvalue weighted by Gasteiger charge is 2.17. The summed E-state index contributed by atoms with van der Waals surface area (Å²) in [6.45, 7) is 0. The van der Waals surface area contributed by atoms with Crippen molar-refractivity contribution in [2.75, 3.05) is 0 Å². The van der Waals surface area contributed by atoms with Gasteiger partial charge in [-0.3, -0.25) is 0 Å². The lowest BCUT2D eigenvalue weighted by atomic mass is 10.9. The maximum absolute atomic E-state index is 4.71. The van der Waals surface area contributed by atoms with E-state index in [-0.39, 0.29) is 0 Å². The van der Waals surface area contributed by atoms with Gasteiger partial charge < -0.3 is 0 Å². The zero-order valence-electron chi connectivity index (χ0n) is 2.63. The molecule has 32 valence electrons. The topological polar surface area (TPSA) is 0 Å². The fraction of sp³-hybridized carbons (Fsp3) is 0. The average Bonchev–Trinajstić information content (AvgIpc) is 1.61. The number of hydrogen-bond acceptors (Lipinski definition) is 4. The largest absolute Gasteiger partial charge is 0.107 e. The third kappa shape index (κ3) is 0.753. The van der Waals surface area contributed by atoms with Gasteiger partial charge in [0.2, 0.25) is 0 Å². The molecule has 1 aliphatic heterocycles. The fourth-order valence-electron chi connectivity index (χ4n) is 0.110. The summed E-state index contributed by atoms with van der Waals surface area (Å²) in [7, 11) is 3.15. The van der Waals surface area contributed by atoms with Crippen LogP contribution in [0.5, 0.6) is 0 Å². The molecule has 0 atom stereocenters. The van der Waals surface area contributed by atoms with Crippen molar-refractivity contribution in [1.29, 1.82) is 0 Å². The molecule has 0 N–H and O–H groups in total. The van der Waals surface area contributed by atoms with Crippen molar-refractivity contribution in [2.45, 2.75) is 0 Å². The summed E-state index contributed by atoms with van der Waals surface area (Å²) in [4.78, 5) is 0. The van der Waals surface area contributed by atoms with Crippen LogP contribution in [0.25, 0.3) is 0 Å². The molecule has 1 rings (SSSR count). The maximum Gasteiger partial charge on any atom is 0.107 e. The van der Waals surface area contributed by atoms with Crippen LogP contribution in [-0.4, -0.2) is 8.39 Å². The molecule has 0 aromatic carbocycles. The second-order valence-corrected chi connectivity index (χ2v) is 4.22. The first kappa shape index (κ1) is 5.03. The molecule has 1 heterocycles. The molecule has 0 aromatic heterocycles. The third-order valence-electron chi connectivity index (χ3n) is 0.360. The van der Waals surface area contributed by atoms with Gasteiger partial charge in [0.15, 0.2) is 0 Å². The summed E-state index contributed by atoms with van der Waals surface area (Å²) in [5.74, 6) is 0. The average molecular weight is 152 g/mol. The van der Waals surface area contributed by atoms with Crippen LogP contribution >= 0.6 is 46.0 Å². The van der Waals surface area contributed by atoms with Crippen LogP contribution in [0, 0.1) is 0 Å². The lowest BCUT2D eigenvalue weighted by molar-refractivity contribution is 3.55. The molecule has 1 fully saturated rings. The van der Waals surface area contributed by atoms with Gasteiger partial charge in [0.1, 0.15) is 8.39 Å². The quantitative estimate of drug-likeness (QED) is 0.384. The standard InChI is InChI=1S/C2S4/c3-1-2(4)6-5-1. The number of hydrogen-bond donors (Lipinski definition) is 0. The Hall–Kier alpha value is 0.880. The molecule has 0 saturated carbocycles. The lowest BCUT2D eigenvalue weighted by Crippen LogP contribution is -2.05. The Morgan fingerprint density at radius 1 is 1.00 bits per heavy atom. The van der Waals surface area contributed by atoms with E-state index in [1.165, 1.54) is 0 Å². The summed E-state index contributed by atoms with van der Waals surface area (Å²) < 4.78 is 1.77. The molecule has 0 bridgehead atoms. The van der Waals surface area contributed by atoms with Gasteiger partial charge in [0.05, 0.1) is 0 Å². The van der Waals surface area contributed by atoms with Gasteiger partial charge in [-0.05, 0) is 21.6 Å². The van der Waals surface area contributed by atoms with Gasteiger partial charge in [-0.2, -0.15) is 0 Å². The van der Waals surface area contributed by atoms with Crippen molar-refractivity contribution in [3.05, 3.63) is 0 Å². The summed E-state index contributed by atoms with van der Waals surface area (Å²) >= 11 is 9.41. The number of rotatable bonds is 0. The monoisotopic (exact) mass is 152 g/mol. The van der Waals surface area contributed by atoms with E-state index in [9.17, 15) is 0 Å². The van der Waals surface area contributed by atoms with Crippen LogP contribution in [0.2, 0.25) is 0 Å². The molecular formula is C2S4. The zero-order chi connectivity index (χ0) is 4.57. The van der Waals surface area contributed by atoms with Gasteiger partial charge in [-0.25, -0.2) is 0 Å². The second kappa shape index (κ2) is 1.78. The lowest BCUT2D eigenvalue weighted by Gasteiger charge is -2.09. The molecule has 4 heteroatoms. The minimum Gasteiger partial charge on any atom is -0.0694 e. The van der Waals surface area contributed by atoms with Gasteiger partial charge in [0, 0.05) is 0 Å². The first-order valence-corrected chi connectivity index (χ1v) is 4.20. The van der Waals surface area contributed by atoms with Crippen molar-refractivity contribution < 1.29 is 0 Å². The van der Waals surface area contributed by atoms with E-state index in [0.29, 0.717) is 0 Å². The van der Waals surface area contributed by atoms with Crippen LogP contribution in [0.4, 0.5) is 0 Å². The first-order chi connectivity index (χ1) is 2.80. The molecular weight excluding hydrogens is 152 g/mol. The van der Waals surface area contributed by atoms with E-state index in [1.807, 2.05) is 0 Å². The minimum absolute atomic E-state index is 0.884. The van der Waals surface area contributed by atoms with Crippen LogP contribution in [0.15, 0.2) is 0 Å². The molecule has 0 nitrogen and oxygen atoms in total. The van der Waals surface area contributed by atoms with E-state index in [4.69, 9.17) is 24.4 Å².